The molecule has 1 heterocycles. The van der Waals surface area contributed by atoms with Gasteiger partial charge in [0.25, 0.3) is 6.02 Å². The number of aliphatic imine (C=N–C) groups is 1. The van der Waals surface area contributed by atoms with Crippen LogP contribution < -0.4 is 10.5 Å². The van der Waals surface area contributed by atoms with Gasteiger partial charge in [-0.1, -0.05) is 12.1 Å². The van der Waals surface area contributed by atoms with Gasteiger partial charge in [0.15, 0.2) is 0 Å². The molecule has 0 radical (unpaired) electrons. The highest BCUT2D eigenvalue weighted by atomic mass is 19.4. The highest BCUT2D eigenvalue weighted by Gasteiger charge is 2.31. The van der Waals surface area contributed by atoms with Crippen LogP contribution in [0.1, 0.15) is 11.6 Å². The smallest absolute Gasteiger partial charge is 0.463 e. The van der Waals surface area contributed by atoms with E-state index in [0.29, 0.717) is 6.61 Å². The maximum Gasteiger partial charge on any atom is 0.573 e. The molecule has 1 aliphatic heterocycles. The number of hydrogen-bond acceptors (Lipinski definition) is 4. The second kappa shape index (κ2) is 4.15. The normalized spacial score (nSPS) is 19.7. The van der Waals surface area contributed by atoms with Gasteiger partial charge in [0.05, 0.1) is 0 Å². The Morgan fingerprint density at radius 1 is 1.29 bits per heavy atom. The molecule has 1 aromatic rings. The van der Waals surface area contributed by atoms with Crippen molar-refractivity contribution in [1.82, 2.24) is 0 Å². The summed E-state index contributed by atoms with van der Waals surface area (Å²) in [6.45, 7) is 0.297. The van der Waals surface area contributed by atoms with Crippen LogP contribution >= 0.6 is 0 Å². The molecule has 2 N–H and O–H groups in total. The molecule has 4 nitrogen and oxygen atoms in total. The third-order valence-electron chi connectivity index (χ3n) is 2.17. The first-order valence-corrected chi connectivity index (χ1v) is 4.76. The van der Waals surface area contributed by atoms with Crippen LogP contribution in [0.2, 0.25) is 0 Å². The molecule has 2 rings (SSSR count). The third kappa shape index (κ3) is 3.02. The lowest BCUT2D eigenvalue weighted by atomic mass is 10.1. The first-order chi connectivity index (χ1) is 7.94. The summed E-state index contributed by atoms with van der Waals surface area (Å²) in [5.41, 5.74) is 6.05. The molecule has 1 aromatic carbocycles. The van der Waals surface area contributed by atoms with E-state index in [0.717, 1.165) is 5.56 Å². The van der Waals surface area contributed by atoms with E-state index in [9.17, 15) is 13.2 Å². The molecule has 0 spiro atoms. The minimum atomic E-state index is -4.68. The van der Waals surface area contributed by atoms with Crippen molar-refractivity contribution in [2.24, 2.45) is 10.7 Å². The van der Waals surface area contributed by atoms with Gasteiger partial charge >= 0.3 is 6.36 Å². The number of nitrogens with two attached hydrogens (primary N) is 1. The summed E-state index contributed by atoms with van der Waals surface area (Å²) >= 11 is 0. The van der Waals surface area contributed by atoms with Crippen molar-refractivity contribution in [1.29, 1.82) is 0 Å². The minimum absolute atomic E-state index is 0.0885. The van der Waals surface area contributed by atoms with Gasteiger partial charge in [-0.25, -0.2) is 4.99 Å². The molecule has 0 saturated heterocycles. The molecule has 0 unspecified atom stereocenters. The maximum absolute atomic E-state index is 11.9. The Kier molecular flexibility index (Phi) is 2.83. The number of alkyl halides is 3. The van der Waals surface area contributed by atoms with Crippen LogP contribution in [-0.4, -0.2) is 19.0 Å². The molecule has 0 saturated carbocycles. The molecule has 0 aliphatic carbocycles. The quantitative estimate of drug-likeness (QED) is 0.867. The first kappa shape index (κ1) is 11.6. The summed E-state index contributed by atoms with van der Waals surface area (Å²) in [7, 11) is 0. The lowest BCUT2D eigenvalue weighted by molar-refractivity contribution is -0.274. The van der Waals surface area contributed by atoms with Crippen molar-refractivity contribution < 1.29 is 22.6 Å². The van der Waals surface area contributed by atoms with Crippen molar-refractivity contribution in [2.75, 3.05) is 6.61 Å². The second-order valence-corrected chi connectivity index (χ2v) is 3.41. The zero-order valence-electron chi connectivity index (χ0n) is 8.57. The Labute approximate surface area is 94.8 Å². The summed E-state index contributed by atoms with van der Waals surface area (Å²) in [5, 5.41) is 0. The molecule has 7 heteroatoms. The third-order valence-corrected chi connectivity index (χ3v) is 2.17. The van der Waals surface area contributed by atoms with Crippen LogP contribution in [-0.2, 0) is 4.74 Å². The number of benzene rings is 1. The highest BCUT2D eigenvalue weighted by molar-refractivity contribution is 5.73. The van der Waals surface area contributed by atoms with Crippen LogP contribution in [0.15, 0.2) is 29.3 Å². The van der Waals surface area contributed by atoms with E-state index in [1.54, 1.807) is 0 Å². The SMILES string of the molecule is NC1=N[C@@H](c2ccc(OC(F)(F)F)cc2)CO1. The molecule has 0 amide bonds. The number of hydrogen-bond donors (Lipinski definition) is 1. The fraction of sp³-hybridized carbons (Fsp3) is 0.300. The predicted octanol–water partition coefficient (Wildman–Crippen LogP) is 1.97. The van der Waals surface area contributed by atoms with E-state index in [4.69, 9.17) is 10.5 Å². The Morgan fingerprint density at radius 3 is 2.41 bits per heavy atom. The molecule has 0 bridgehead atoms. The lowest BCUT2D eigenvalue weighted by Crippen LogP contribution is -2.17. The average molecular weight is 246 g/mol. The van der Waals surface area contributed by atoms with Crippen molar-refractivity contribution >= 4 is 6.02 Å². The molecular formula is C10H9F3N2O2. The van der Waals surface area contributed by atoms with Gasteiger partial charge < -0.3 is 15.2 Å². The summed E-state index contributed by atoms with van der Waals surface area (Å²) in [6.07, 6.45) is -4.68. The molecule has 17 heavy (non-hydrogen) atoms. The van der Waals surface area contributed by atoms with Gasteiger partial charge in [-0.2, -0.15) is 0 Å². The van der Waals surface area contributed by atoms with E-state index in [1.165, 1.54) is 24.3 Å². The highest BCUT2D eigenvalue weighted by Crippen LogP contribution is 2.27. The minimum Gasteiger partial charge on any atom is -0.463 e. The number of nitrogens with zero attached hydrogens (tertiary/aromatic N) is 1. The Hall–Kier alpha value is -1.92. The van der Waals surface area contributed by atoms with Crippen molar-refractivity contribution in [3.63, 3.8) is 0 Å². The average Bonchev–Trinajstić information content (AvgIpc) is 2.63. The van der Waals surface area contributed by atoms with Crippen molar-refractivity contribution in [3.05, 3.63) is 29.8 Å². The van der Waals surface area contributed by atoms with Gasteiger partial charge in [-0.3, -0.25) is 0 Å². The van der Waals surface area contributed by atoms with E-state index in [2.05, 4.69) is 9.73 Å². The van der Waals surface area contributed by atoms with Crippen LogP contribution in [0.3, 0.4) is 0 Å². The van der Waals surface area contributed by atoms with Gasteiger partial charge in [0, 0.05) is 0 Å². The van der Waals surface area contributed by atoms with Gasteiger partial charge in [0.2, 0.25) is 0 Å². The van der Waals surface area contributed by atoms with Crippen LogP contribution in [0.25, 0.3) is 0 Å². The largest absolute Gasteiger partial charge is 0.573 e. The van der Waals surface area contributed by atoms with Crippen molar-refractivity contribution in [2.45, 2.75) is 12.4 Å². The maximum atomic E-state index is 11.9. The second-order valence-electron chi connectivity index (χ2n) is 3.41. The standard InChI is InChI=1S/C10H9F3N2O2/c11-10(12,13)17-7-3-1-6(2-4-7)8-5-16-9(14)15-8/h1-4,8H,5H2,(H2,14,15)/t8-/m1/s1. The molecule has 0 aromatic heterocycles. The molecule has 1 aliphatic rings. The fourth-order valence-corrected chi connectivity index (χ4v) is 1.45. The fourth-order valence-electron chi connectivity index (χ4n) is 1.45. The van der Waals surface area contributed by atoms with E-state index in [-0.39, 0.29) is 17.8 Å². The molecule has 92 valence electrons. The van der Waals surface area contributed by atoms with Crippen LogP contribution in [0.5, 0.6) is 5.75 Å². The first-order valence-electron chi connectivity index (χ1n) is 4.76. The summed E-state index contributed by atoms with van der Waals surface area (Å²) < 4.78 is 44.4. The predicted molar refractivity (Wildman–Crippen MR) is 53.4 cm³/mol. The molecule has 0 fully saturated rings. The topological polar surface area (TPSA) is 56.8 Å². The Balaban J connectivity index is 2.08. The number of halogens is 3. The number of ether oxygens (including phenoxy) is 2. The summed E-state index contributed by atoms with van der Waals surface area (Å²) in [4.78, 5) is 3.97. The van der Waals surface area contributed by atoms with Gasteiger partial charge in [-0.15, -0.1) is 13.2 Å². The zero-order chi connectivity index (χ0) is 12.5. The number of amidine groups is 1. The van der Waals surface area contributed by atoms with E-state index >= 15 is 0 Å². The number of rotatable bonds is 2. The zero-order valence-corrected chi connectivity index (χ0v) is 8.57. The Bertz CT molecular complexity index is 428. The summed E-state index contributed by atoms with van der Waals surface area (Å²) in [5.74, 6) is -0.267. The Morgan fingerprint density at radius 2 is 1.94 bits per heavy atom. The lowest BCUT2D eigenvalue weighted by Gasteiger charge is -2.10. The van der Waals surface area contributed by atoms with Gasteiger partial charge in [0.1, 0.15) is 18.4 Å². The van der Waals surface area contributed by atoms with E-state index < -0.39 is 6.36 Å². The van der Waals surface area contributed by atoms with Gasteiger partial charge in [-0.05, 0) is 17.7 Å². The van der Waals surface area contributed by atoms with Crippen LogP contribution in [0, 0.1) is 0 Å². The van der Waals surface area contributed by atoms with E-state index in [1.807, 2.05) is 0 Å². The summed E-state index contributed by atoms with van der Waals surface area (Å²) in [6, 6.07) is 5.27. The molecule has 1 atom stereocenters. The van der Waals surface area contributed by atoms with Crippen LogP contribution in [0.4, 0.5) is 13.2 Å². The molecular weight excluding hydrogens is 237 g/mol. The van der Waals surface area contributed by atoms with Crippen molar-refractivity contribution in [3.8, 4) is 5.75 Å². The monoisotopic (exact) mass is 246 g/mol.